The van der Waals surface area contributed by atoms with Crippen molar-refractivity contribution in [3.63, 3.8) is 0 Å². The first-order valence-electron chi connectivity index (χ1n) is 11.0. The summed E-state index contributed by atoms with van der Waals surface area (Å²) >= 11 is 0. The van der Waals surface area contributed by atoms with Gasteiger partial charge < -0.3 is 25.1 Å². The number of aromatic nitrogens is 2. The normalized spacial score (nSPS) is 17.2. The van der Waals surface area contributed by atoms with Gasteiger partial charge in [0, 0.05) is 48.3 Å². The lowest BCUT2D eigenvalue weighted by Crippen LogP contribution is -2.44. The topological polar surface area (TPSA) is 111 Å². The van der Waals surface area contributed by atoms with Crippen molar-refractivity contribution in [1.82, 2.24) is 19.8 Å². The van der Waals surface area contributed by atoms with Crippen molar-refractivity contribution < 1.29 is 15.0 Å². The van der Waals surface area contributed by atoms with Gasteiger partial charge in [0.25, 0.3) is 5.56 Å². The number of nitrogens with zero attached hydrogens (tertiary/aromatic N) is 2. The monoisotopic (exact) mass is 438 g/mol. The number of rotatable bonds is 6. The summed E-state index contributed by atoms with van der Waals surface area (Å²) in [4.78, 5) is 28.9. The molecule has 8 nitrogen and oxygen atoms in total. The highest BCUT2D eigenvalue weighted by Gasteiger charge is 2.23. The van der Waals surface area contributed by atoms with E-state index in [-0.39, 0.29) is 0 Å². The first kappa shape index (κ1) is 22.1. The summed E-state index contributed by atoms with van der Waals surface area (Å²) in [5.74, 6) is -1.90. The molecule has 0 spiro atoms. The van der Waals surface area contributed by atoms with Crippen molar-refractivity contribution in [2.24, 2.45) is 7.05 Å². The maximum atomic E-state index is 12.3. The van der Waals surface area contributed by atoms with Crippen molar-refractivity contribution in [3.05, 3.63) is 51.4 Å². The highest BCUT2D eigenvalue weighted by atomic mass is 16.4. The zero-order valence-corrected chi connectivity index (χ0v) is 18.7. The number of nitrogens with one attached hydrogen (secondary N) is 2. The zero-order chi connectivity index (χ0) is 23.0. The Bertz CT molecular complexity index is 1230. The lowest BCUT2D eigenvalue weighted by Gasteiger charge is -2.32. The molecule has 0 saturated carbocycles. The Hall–Kier alpha value is -3.10. The predicted octanol–water partition coefficient (Wildman–Crippen LogP) is 2.68. The van der Waals surface area contributed by atoms with E-state index in [0.717, 1.165) is 36.1 Å². The number of H-pyrrole nitrogens is 1. The van der Waals surface area contributed by atoms with Gasteiger partial charge in [0.2, 0.25) is 0 Å². The third-order valence-electron chi connectivity index (χ3n) is 6.59. The number of pyridine rings is 1. The Morgan fingerprint density at radius 1 is 1.31 bits per heavy atom. The van der Waals surface area contributed by atoms with E-state index in [0.29, 0.717) is 23.7 Å². The molecule has 1 atom stereocenters. The third kappa shape index (κ3) is 3.91. The van der Waals surface area contributed by atoms with E-state index in [4.69, 9.17) is 0 Å². The molecule has 1 aliphatic heterocycles. The van der Waals surface area contributed by atoms with Gasteiger partial charge in [-0.15, -0.1) is 0 Å². The van der Waals surface area contributed by atoms with Gasteiger partial charge >= 0.3 is 5.97 Å². The zero-order valence-electron chi connectivity index (χ0n) is 18.7. The van der Waals surface area contributed by atoms with Gasteiger partial charge in [-0.1, -0.05) is 13.0 Å². The number of carboxylic acid groups (broad SMARTS) is 1. The summed E-state index contributed by atoms with van der Waals surface area (Å²) in [5, 5.41) is 24.1. The van der Waals surface area contributed by atoms with Crippen LogP contribution in [0.25, 0.3) is 22.2 Å². The molecule has 170 valence electrons. The number of carbonyl (C=O) groups is 1. The van der Waals surface area contributed by atoms with Crippen molar-refractivity contribution in [1.29, 1.82) is 0 Å². The summed E-state index contributed by atoms with van der Waals surface area (Å²) in [6.45, 7) is 4.79. The molecule has 4 rings (SSSR count). The molecule has 3 aromatic rings. The van der Waals surface area contributed by atoms with Crippen molar-refractivity contribution >= 4 is 16.9 Å². The number of likely N-dealkylation sites (N-methyl/N-ethyl adjacent to an activating group) is 1. The Morgan fingerprint density at radius 2 is 2.09 bits per heavy atom. The molecule has 0 radical (unpaired) electrons. The van der Waals surface area contributed by atoms with Crippen LogP contribution in [-0.2, 0) is 20.0 Å². The molecule has 4 N–H and O–H groups in total. The lowest BCUT2D eigenvalue weighted by atomic mass is 9.99. The van der Waals surface area contributed by atoms with E-state index in [9.17, 15) is 19.8 Å². The van der Waals surface area contributed by atoms with Crippen LogP contribution in [0.1, 0.15) is 41.4 Å². The number of aromatic carboxylic acids is 1. The number of aromatic hydroxyl groups is 1. The van der Waals surface area contributed by atoms with Gasteiger partial charge in [-0.25, -0.2) is 4.79 Å². The Labute approximate surface area is 186 Å². The van der Waals surface area contributed by atoms with E-state index in [1.165, 1.54) is 18.5 Å². The minimum absolute atomic E-state index is 0.387. The van der Waals surface area contributed by atoms with Crippen molar-refractivity contribution in [3.8, 4) is 17.0 Å². The fourth-order valence-corrected chi connectivity index (χ4v) is 4.80. The molecule has 0 amide bonds. The summed E-state index contributed by atoms with van der Waals surface area (Å²) in [6, 6.07) is 8.57. The van der Waals surface area contributed by atoms with Gasteiger partial charge in [-0.2, -0.15) is 0 Å². The number of likely N-dealkylation sites (tertiary alicyclic amines) is 1. The van der Waals surface area contributed by atoms with E-state index < -0.39 is 22.8 Å². The van der Waals surface area contributed by atoms with Crippen LogP contribution in [0, 0.1) is 0 Å². The highest BCUT2D eigenvalue weighted by Crippen LogP contribution is 2.32. The second-order valence-electron chi connectivity index (χ2n) is 8.52. The fraction of sp³-hybridized carbons (Fsp3) is 0.417. The molecule has 1 saturated heterocycles. The van der Waals surface area contributed by atoms with Crippen LogP contribution >= 0.6 is 0 Å². The van der Waals surface area contributed by atoms with Crippen LogP contribution in [0.2, 0.25) is 0 Å². The Balaban J connectivity index is 1.72. The SMILES string of the molecule is CCc1c(-c2ccc3c(c2)cc(CN2CCCC(NC)C2)n3C)[nH]c(=O)c(C(=O)O)c1O. The molecule has 2 aromatic heterocycles. The third-order valence-corrected chi connectivity index (χ3v) is 6.59. The number of hydrogen-bond donors (Lipinski definition) is 4. The largest absolute Gasteiger partial charge is 0.506 e. The van der Waals surface area contributed by atoms with E-state index in [2.05, 4.69) is 32.9 Å². The molecule has 1 fully saturated rings. The van der Waals surface area contributed by atoms with Gasteiger partial charge in [0.05, 0.1) is 5.69 Å². The van der Waals surface area contributed by atoms with E-state index in [1.54, 1.807) is 0 Å². The maximum Gasteiger partial charge on any atom is 0.345 e. The molecule has 1 unspecified atom stereocenters. The summed E-state index contributed by atoms with van der Waals surface area (Å²) in [5.41, 5.74) is 2.49. The molecule has 1 aromatic carbocycles. The standard InChI is InChI=1S/C24H30N4O4/c1-4-18-21(26-23(30)20(22(18)29)24(31)32)14-7-8-19-15(10-14)11-17(27(19)3)13-28-9-5-6-16(12-28)25-2/h7-8,10-11,16,25H,4-6,9,12-13H2,1-3H3,(H,31,32)(H2,26,29,30). The van der Waals surface area contributed by atoms with Crippen molar-refractivity contribution in [2.75, 3.05) is 20.1 Å². The van der Waals surface area contributed by atoms with Crippen molar-refractivity contribution in [2.45, 2.75) is 38.8 Å². The minimum atomic E-state index is -1.44. The molecular weight excluding hydrogens is 408 g/mol. The molecule has 8 heteroatoms. The smallest absolute Gasteiger partial charge is 0.345 e. The number of aryl methyl sites for hydroxylation is 1. The van der Waals surface area contributed by atoms with Gasteiger partial charge in [0.1, 0.15) is 5.75 Å². The van der Waals surface area contributed by atoms with Crippen LogP contribution in [0.5, 0.6) is 5.75 Å². The molecule has 0 bridgehead atoms. The highest BCUT2D eigenvalue weighted by molar-refractivity contribution is 5.92. The summed E-state index contributed by atoms with van der Waals surface area (Å²) < 4.78 is 2.19. The molecular formula is C24H30N4O4. The first-order valence-corrected chi connectivity index (χ1v) is 11.0. The number of benzene rings is 1. The average Bonchev–Trinajstić information content (AvgIpc) is 3.07. The second-order valence-corrected chi connectivity index (χ2v) is 8.52. The van der Waals surface area contributed by atoms with Crippen LogP contribution in [0.4, 0.5) is 0 Å². The number of aromatic amines is 1. The minimum Gasteiger partial charge on any atom is -0.506 e. The van der Waals surface area contributed by atoms with Crippen LogP contribution < -0.4 is 10.9 Å². The van der Waals surface area contributed by atoms with E-state index in [1.807, 2.05) is 32.2 Å². The number of hydrogen-bond acceptors (Lipinski definition) is 5. The van der Waals surface area contributed by atoms with Crippen LogP contribution in [0.15, 0.2) is 29.1 Å². The number of piperidine rings is 1. The molecule has 3 heterocycles. The van der Waals surface area contributed by atoms with Gasteiger partial charge in [0.15, 0.2) is 5.56 Å². The number of fused-ring (bicyclic) bond motifs is 1. The Morgan fingerprint density at radius 3 is 2.78 bits per heavy atom. The number of carboxylic acids is 1. The van der Waals surface area contributed by atoms with Gasteiger partial charge in [-0.3, -0.25) is 9.69 Å². The van der Waals surface area contributed by atoms with E-state index >= 15 is 0 Å². The lowest BCUT2D eigenvalue weighted by molar-refractivity contribution is 0.0691. The summed E-state index contributed by atoms with van der Waals surface area (Å²) in [6.07, 6.45) is 2.78. The first-order chi connectivity index (χ1) is 15.3. The summed E-state index contributed by atoms with van der Waals surface area (Å²) in [7, 11) is 4.08. The predicted molar refractivity (Wildman–Crippen MR) is 124 cm³/mol. The molecule has 32 heavy (non-hydrogen) atoms. The maximum absolute atomic E-state index is 12.3. The fourth-order valence-electron chi connectivity index (χ4n) is 4.80. The second kappa shape index (κ2) is 8.80. The van der Waals surface area contributed by atoms with Crippen LogP contribution in [-0.4, -0.2) is 56.8 Å². The molecule has 0 aliphatic carbocycles. The molecule has 1 aliphatic rings. The quantitative estimate of drug-likeness (QED) is 0.471. The van der Waals surface area contributed by atoms with Crippen LogP contribution in [0.3, 0.4) is 0 Å². The Kier molecular flexibility index (Phi) is 6.08. The average molecular weight is 439 g/mol. The van der Waals surface area contributed by atoms with Gasteiger partial charge in [-0.05, 0) is 56.6 Å².